The lowest BCUT2D eigenvalue weighted by Crippen LogP contribution is -2.36. The molecule has 148 valence electrons. The van der Waals surface area contributed by atoms with Crippen LogP contribution in [0.1, 0.15) is 41.9 Å². The van der Waals surface area contributed by atoms with Crippen molar-refractivity contribution in [1.29, 1.82) is 0 Å². The fourth-order valence-electron chi connectivity index (χ4n) is 4.25. The van der Waals surface area contributed by atoms with Crippen LogP contribution in [0.25, 0.3) is 0 Å². The average Bonchev–Trinajstić information content (AvgIpc) is 3.02. The van der Waals surface area contributed by atoms with Crippen LogP contribution in [0, 0.1) is 5.41 Å². The summed E-state index contributed by atoms with van der Waals surface area (Å²) in [5.41, 5.74) is 0.312. The first-order valence-electron chi connectivity index (χ1n) is 9.38. The standard InChI is InChI=1S/C18H24F3N5S/c1-2-25-8-7-23-15(25)12-26(14-9-17(14)3-5-22-6-4-17)11-13-10-24-16(27-13)18(19,20)21/h7-8,10,14,22H,2-6,9,11-12H2,1H3. The van der Waals surface area contributed by atoms with E-state index in [1.807, 2.05) is 6.20 Å². The van der Waals surface area contributed by atoms with E-state index < -0.39 is 11.2 Å². The first-order chi connectivity index (χ1) is 12.9. The Balaban J connectivity index is 1.54. The molecular weight excluding hydrogens is 375 g/mol. The average molecular weight is 399 g/mol. The Hall–Kier alpha value is -1.45. The Morgan fingerprint density at radius 3 is 2.74 bits per heavy atom. The van der Waals surface area contributed by atoms with Crippen LogP contribution in [0.5, 0.6) is 0 Å². The number of rotatable bonds is 6. The van der Waals surface area contributed by atoms with Gasteiger partial charge in [0.15, 0.2) is 5.01 Å². The molecule has 1 saturated heterocycles. The molecule has 1 N–H and O–H groups in total. The lowest BCUT2D eigenvalue weighted by molar-refractivity contribution is -0.137. The summed E-state index contributed by atoms with van der Waals surface area (Å²) in [5.74, 6) is 0.967. The third kappa shape index (κ3) is 3.90. The molecule has 1 unspecified atom stereocenters. The van der Waals surface area contributed by atoms with Crippen molar-refractivity contribution in [2.24, 2.45) is 5.41 Å². The lowest BCUT2D eigenvalue weighted by Gasteiger charge is -2.29. The Labute approximate surface area is 160 Å². The molecule has 2 aromatic rings. The minimum Gasteiger partial charge on any atom is -0.334 e. The smallest absolute Gasteiger partial charge is 0.334 e. The van der Waals surface area contributed by atoms with Gasteiger partial charge in [-0.3, -0.25) is 4.90 Å². The second-order valence-corrected chi connectivity index (χ2v) is 8.61. The third-order valence-corrected chi connectivity index (χ3v) is 6.86. The van der Waals surface area contributed by atoms with Gasteiger partial charge in [0.05, 0.1) is 6.54 Å². The van der Waals surface area contributed by atoms with Crippen molar-refractivity contribution in [1.82, 2.24) is 24.8 Å². The van der Waals surface area contributed by atoms with Crippen LogP contribution >= 0.6 is 11.3 Å². The lowest BCUT2D eigenvalue weighted by atomic mass is 9.93. The highest BCUT2D eigenvalue weighted by atomic mass is 32.1. The van der Waals surface area contributed by atoms with Gasteiger partial charge < -0.3 is 9.88 Å². The van der Waals surface area contributed by atoms with Gasteiger partial charge in [-0.25, -0.2) is 9.97 Å². The highest BCUT2D eigenvalue weighted by molar-refractivity contribution is 7.11. The van der Waals surface area contributed by atoms with Crippen LogP contribution in [0.2, 0.25) is 0 Å². The molecule has 1 aliphatic carbocycles. The van der Waals surface area contributed by atoms with Gasteiger partial charge in [0.2, 0.25) is 0 Å². The number of nitrogens with zero attached hydrogens (tertiary/aromatic N) is 4. The number of aromatic nitrogens is 3. The molecule has 2 fully saturated rings. The van der Waals surface area contributed by atoms with E-state index in [0.29, 0.717) is 29.4 Å². The zero-order chi connectivity index (χ0) is 19.1. The summed E-state index contributed by atoms with van der Waals surface area (Å²) in [6.07, 6.45) is 4.13. The van der Waals surface area contributed by atoms with Crippen LogP contribution in [-0.4, -0.2) is 38.6 Å². The van der Waals surface area contributed by atoms with Crippen LogP contribution in [-0.2, 0) is 25.8 Å². The Bertz CT molecular complexity index is 778. The van der Waals surface area contributed by atoms with Crippen LogP contribution < -0.4 is 5.32 Å². The molecule has 1 aliphatic heterocycles. The molecule has 0 radical (unpaired) electrons. The largest absolute Gasteiger partial charge is 0.443 e. The third-order valence-electron chi connectivity index (χ3n) is 5.83. The normalized spacial score (nSPS) is 21.9. The predicted molar refractivity (Wildman–Crippen MR) is 97.2 cm³/mol. The van der Waals surface area contributed by atoms with Crippen molar-refractivity contribution in [3.05, 3.63) is 34.3 Å². The molecule has 27 heavy (non-hydrogen) atoms. The van der Waals surface area contributed by atoms with E-state index in [4.69, 9.17) is 0 Å². The molecule has 1 saturated carbocycles. The number of aryl methyl sites for hydroxylation is 1. The molecule has 2 aromatic heterocycles. The molecule has 5 nitrogen and oxygen atoms in total. The summed E-state index contributed by atoms with van der Waals surface area (Å²) < 4.78 is 40.8. The topological polar surface area (TPSA) is 46.0 Å². The minimum atomic E-state index is -4.37. The number of hydrogen-bond acceptors (Lipinski definition) is 5. The van der Waals surface area contributed by atoms with Gasteiger partial charge in [-0.1, -0.05) is 0 Å². The molecule has 4 rings (SSSR count). The zero-order valence-electron chi connectivity index (χ0n) is 15.3. The van der Waals surface area contributed by atoms with Gasteiger partial charge in [0, 0.05) is 42.6 Å². The molecule has 2 aliphatic rings. The molecule has 3 heterocycles. The highest BCUT2D eigenvalue weighted by Crippen LogP contribution is 2.56. The molecule has 1 spiro atoms. The first-order valence-corrected chi connectivity index (χ1v) is 10.2. The molecule has 9 heteroatoms. The van der Waals surface area contributed by atoms with Gasteiger partial charge in [0.1, 0.15) is 5.82 Å². The van der Waals surface area contributed by atoms with Crippen LogP contribution in [0.3, 0.4) is 0 Å². The van der Waals surface area contributed by atoms with E-state index in [1.165, 1.54) is 6.20 Å². The van der Waals surface area contributed by atoms with E-state index in [1.54, 1.807) is 6.20 Å². The maximum atomic E-state index is 12.9. The van der Waals surface area contributed by atoms with E-state index >= 15 is 0 Å². The highest BCUT2D eigenvalue weighted by Gasteiger charge is 2.56. The van der Waals surface area contributed by atoms with E-state index in [0.717, 1.165) is 56.1 Å². The zero-order valence-corrected chi connectivity index (χ0v) is 16.1. The second-order valence-electron chi connectivity index (χ2n) is 7.50. The molecule has 1 atom stereocenters. The van der Waals surface area contributed by atoms with Gasteiger partial charge in [-0.2, -0.15) is 13.2 Å². The van der Waals surface area contributed by atoms with Gasteiger partial charge in [-0.15, -0.1) is 11.3 Å². The molecule has 0 bridgehead atoms. The number of halogens is 3. The second kappa shape index (κ2) is 7.18. The quantitative estimate of drug-likeness (QED) is 0.807. The van der Waals surface area contributed by atoms with Crippen molar-refractivity contribution in [3.8, 4) is 0 Å². The van der Waals surface area contributed by atoms with E-state index in [2.05, 4.69) is 31.7 Å². The summed E-state index contributed by atoms with van der Waals surface area (Å²) in [5, 5.41) is 2.64. The van der Waals surface area contributed by atoms with Crippen molar-refractivity contribution < 1.29 is 13.2 Å². The first kappa shape index (κ1) is 18.9. The number of alkyl halides is 3. The Kier molecular flexibility index (Phi) is 5.02. The van der Waals surface area contributed by atoms with Crippen molar-refractivity contribution in [3.63, 3.8) is 0 Å². The van der Waals surface area contributed by atoms with E-state index in [9.17, 15) is 13.2 Å². The monoisotopic (exact) mass is 399 g/mol. The maximum absolute atomic E-state index is 12.9. The number of imidazole rings is 1. The SMILES string of the molecule is CCn1ccnc1CN(Cc1cnc(C(F)(F)F)s1)C1CC12CCNCC2. The molecular formula is C18H24F3N5S. The summed E-state index contributed by atoms with van der Waals surface area (Å²) in [6.45, 7) is 6.09. The number of nitrogens with one attached hydrogen (secondary N) is 1. The number of hydrogen-bond donors (Lipinski definition) is 1. The summed E-state index contributed by atoms with van der Waals surface area (Å²) in [7, 11) is 0. The fourth-order valence-corrected chi connectivity index (χ4v) is 5.06. The van der Waals surface area contributed by atoms with Crippen molar-refractivity contribution in [2.45, 2.75) is 58.0 Å². The Morgan fingerprint density at radius 1 is 1.30 bits per heavy atom. The fraction of sp³-hybridized carbons (Fsp3) is 0.667. The number of piperidine rings is 1. The Morgan fingerprint density at radius 2 is 2.07 bits per heavy atom. The summed E-state index contributed by atoms with van der Waals surface area (Å²) >= 11 is 0.754. The van der Waals surface area contributed by atoms with Crippen LogP contribution in [0.15, 0.2) is 18.6 Å². The minimum absolute atomic E-state index is 0.312. The predicted octanol–water partition coefficient (Wildman–Crippen LogP) is 3.52. The van der Waals surface area contributed by atoms with Crippen molar-refractivity contribution >= 4 is 11.3 Å². The van der Waals surface area contributed by atoms with Crippen molar-refractivity contribution in [2.75, 3.05) is 13.1 Å². The number of thiazole rings is 1. The molecule has 0 amide bonds. The van der Waals surface area contributed by atoms with Crippen LogP contribution in [0.4, 0.5) is 13.2 Å². The van der Waals surface area contributed by atoms with Gasteiger partial charge in [0.25, 0.3) is 0 Å². The van der Waals surface area contributed by atoms with Gasteiger partial charge >= 0.3 is 6.18 Å². The summed E-state index contributed by atoms with van der Waals surface area (Å²) in [6, 6.07) is 0.401. The summed E-state index contributed by atoms with van der Waals surface area (Å²) in [4.78, 5) is 11.0. The van der Waals surface area contributed by atoms with E-state index in [-0.39, 0.29) is 0 Å². The maximum Gasteiger partial charge on any atom is 0.443 e. The molecule has 0 aromatic carbocycles. The van der Waals surface area contributed by atoms with Gasteiger partial charge in [-0.05, 0) is 44.7 Å².